The van der Waals surface area contributed by atoms with Crippen molar-refractivity contribution in [2.45, 2.75) is 37.4 Å². The molecule has 0 amide bonds. The van der Waals surface area contributed by atoms with Gasteiger partial charge in [-0.1, -0.05) is 12.1 Å². The lowest BCUT2D eigenvalue weighted by atomic mass is 10.1. The van der Waals surface area contributed by atoms with E-state index in [0.717, 1.165) is 41.4 Å². The van der Waals surface area contributed by atoms with E-state index in [2.05, 4.69) is 28.9 Å². The van der Waals surface area contributed by atoms with Gasteiger partial charge in [0, 0.05) is 37.7 Å². The van der Waals surface area contributed by atoms with E-state index in [9.17, 15) is 8.42 Å². The summed E-state index contributed by atoms with van der Waals surface area (Å²) in [5, 5.41) is 5.26. The summed E-state index contributed by atoms with van der Waals surface area (Å²) in [6.07, 6.45) is 4.44. The number of hydrogen-bond acceptors (Lipinski definition) is 5. The Labute approximate surface area is 170 Å². The summed E-state index contributed by atoms with van der Waals surface area (Å²) in [6.45, 7) is 3.30. The van der Waals surface area contributed by atoms with Gasteiger partial charge in [0.15, 0.2) is 0 Å². The third kappa shape index (κ3) is 4.13. The third-order valence-corrected chi connectivity index (χ3v) is 6.21. The molecule has 2 heterocycles. The number of aryl methyl sites for hydroxylation is 1. The number of anilines is 1. The molecule has 3 aromatic rings. The van der Waals surface area contributed by atoms with Gasteiger partial charge in [-0.05, 0) is 54.8 Å². The second kappa shape index (κ2) is 7.53. The molecule has 0 saturated carbocycles. The van der Waals surface area contributed by atoms with E-state index in [1.54, 1.807) is 18.3 Å². The second-order valence-corrected chi connectivity index (χ2v) is 8.96. The first kappa shape index (κ1) is 19.5. The molecule has 1 atom stereocenters. The topological polar surface area (TPSA) is 90.5 Å². The molecule has 2 N–H and O–H groups in total. The van der Waals surface area contributed by atoms with E-state index in [4.69, 9.17) is 9.88 Å². The Balaban J connectivity index is 1.45. The average Bonchev–Trinajstić information content (AvgIpc) is 3.23. The molecule has 1 aliphatic heterocycles. The molecule has 1 aromatic heterocycles. The van der Waals surface area contributed by atoms with Crippen LogP contribution in [-0.4, -0.2) is 24.0 Å². The van der Waals surface area contributed by atoms with Gasteiger partial charge in [0.2, 0.25) is 10.0 Å². The van der Waals surface area contributed by atoms with Gasteiger partial charge in [0.1, 0.15) is 18.2 Å². The summed E-state index contributed by atoms with van der Waals surface area (Å²) in [4.78, 5) is 6.70. The summed E-state index contributed by atoms with van der Waals surface area (Å²) >= 11 is 0. The van der Waals surface area contributed by atoms with Crippen LogP contribution in [-0.2, 0) is 36.6 Å². The van der Waals surface area contributed by atoms with Crippen LogP contribution in [0.5, 0.6) is 5.75 Å². The Bertz CT molecular complexity index is 1120. The van der Waals surface area contributed by atoms with Gasteiger partial charge in [-0.15, -0.1) is 0 Å². The molecule has 7 nitrogen and oxygen atoms in total. The highest BCUT2D eigenvalue weighted by Crippen LogP contribution is 2.35. The minimum atomic E-state index is -3.69. The highest BCUT2D eigenvalue weighted by Gasteiger charge is 2.27. The van der Waals surface area contributed by atoms with Gasteiger partial charge in [-0.2, -0.15) is 0 Å². The van der Waals surface area contributed by atoms with Crippen LogP contribution in [0.4, 0.5) is 5.69 Å². The van der Waals surface area contributed by atoms with Crippen molar-refractivity contribution in [2.75, 3.05) is 4.90 Å². The van der Waals surface area contributed by atoms with Crippen LogP contribution >= 0.6 is 0 Å². The van der Waals surface area contributed by atoms with Crippen LogP contribution in [0.15, 0.2) is 59.8 Å². The van der Waals surface area contributed by atoms with Crippen molar-refractivity contribution in [1.82, 2.24) is 9.55 Å². The maximum Gasteiger partial charge on any atom is 0.238 e. The fraction of sp³-hybridized carbons (Fsp3) is 0.286. The summed E-state index contributed by atoms with van der Waals surface area (Å²) in [7, 11) is -1.75. The molecule has 4 rings (SSSR count). The fourth-order valence-electron chi connectivity index (χ4n) is 3.66. The van der Waals surface area contributed by atoms with Crippen molar-refractivity contribution in [3.8, 4) is 5.75 Å². The van der Waals surface area contributed by atoms with Crippen LogP contribution in [0.2, 0.25) is 0 Å². The SMILES string of the molecule is CC1Cc2cc(S(N)(=O)=O)ccc2N1Cc1ccc(OCc2nccn2C)cc1. The van der Waals surface area contributed by atoms with E-state index < -0.39 is 10.0 Å². The van der Waals surface area contributed by atoms with E-state index in [1.165, 1.54) is 0 Å². The Hall–Kier alpha value is -2.84. The zero-order chi connectivity index (χ0) is 20.6. The first-order valence-electron chi connectivity index (χ1n) is 9.41. The molecule has 8 heteroatoms. The molecular weight excluding hydrogens is 388 g/mol. The van der Waals surface area contributed by atoms with Crippen LogP contribution in [0.25, 0.3) is 0 Å². The van der Waals surface area contributed by atoms with E-state index in [0.29, 0.717) is 6.61 Å². The molecule has 0 aliphatic carbocycles. The minimum Gasteiger partial charge on any atom is -0.486 e. The van der Waals surface area contributed by atoms with Crippen molar-refractivity contribution in [2.24, 2.45) is 12.2 Å². The molecule has 29 heavy (non-hydrogen) atoms. The van der Waals surface area contributed by atoms with Gasteiger partial charge < -0.3 is 14.2 Å². The number of sulfonamides is 1. The monoisotopic (exact) mass is 412 g/mol. The lowest BCUT2D eigenvalue weighted by Crippen LogP contribution is -2.28. The number of aromatic nitrogens is 2. The zero-order valence-corrected chi connectivity index (χ0v) is 17.3. The molecule has 1 unspecified atom stereocenters. The second-order valence-electron chi connectivity index (χ2n) is 7.40. The van der Waals surface area contributed by atoms with Gasteiger partial charge in [0.25, 0.3) is 0 Å². The number of benzene rings is 2. The normalized spacial score (nSPS) is 16.1. The van der Waals surface area contributed by atoms with E-state index in [-0.39, 0.29) is 10.9 Å². The number of imidazole rings is 1. The molecule has 2 aromatic carbocycles. The minimum absolute atomic E-state index is 0.166. The van der Waals surface area contributed by atoms with Gasteiger partial charge in [-0.3, -0.25) is 0 Å². The van der Waals surface area contributed by atoms with Gasteiger partial charge in [0.05, 0.1) is 4.90 Å². The lowest BCUT2D eigenvalue weighted by molar-refractivity contribution is 0.291. The Morgan fingerprint density at radius 2 is 1.97 bits per heavy atom. The predicted octanol–water partition coefficient (Wildman–Crippen LogP) is 2.60. The smallest absolute Gasteiger partial charge is 0.238 e. The number of fused-ring (bicyclic) bond motifs is 1. The standard InChI is InChI=1S/C21H24N4O3S/c1-15-11-17-12-19(29(22,26)27)7-8-20(17)25(15)13-16-3-5-18(6-4-16)28-14-21-23-9-10-24(21)2/h3-10,12,15H,11,13-14H2,1-2H3,(H2,22,26,27). The lowest BCUT2D eigenvalue weighted by Gasteiger charge is -2.25. The van der Waals surface area contributed by atoms with Crippen LogP contribution in [0.3, 0.4) is 0 Å². The molecule has 0 fully saturated rings. The van der Waals surface area contributed by atoms with Crippen molar-refractivity contribution >= 4 is 15.7 Å². The summed E-state index contributed by atoms with van der Waals surface area (Å²) in [6, 6.07) is 13.4. The van der Waals surface area contributed by atoms with Crippen LogP contribution in [0.1, 0.15) is 23.9 Å². The highest BCUT2D eigenvalue weighted by molar-refractivity contribution is 7.89. The molecule has 152 valence electrons. The molecule has 0 bridgehead atoms. The maximum atomic E-state index is 11.6. The molecule has 0 saturated heterocycles. The first-order chi connectivity index (χ1) is 13.8. The summed E-state index contributed by atoms with van der Waals surface area (Å²) in [5.41, 5.74) is 3.23. The quantitative estimate of drug-likeness (QED) is 0.672. The van der Waals surface area contributed by atoms with Crippen LogP contribution < -0.4 is 14.8 Å². The van der Waals surface area contributed by atoms with Crippen molar-refractivity contribution in [1.29, 1.82) is 0 Å². The van der Waals surface area contributed by atoms with E-state index in [1.807, 2.05) is 36.0 Å². The number of rotatable bonds is 6. The molecule has 0 spiro atoms. The molecular formula is C21H24N4O3S. The predicted molar refractivity (Wildman–Crippen MR) is 111 cm³/mol. The number of hydrogen-bond donors (Lipinski definition) is 1. The Morgan fingerprint density at radius 3 is 2.62 bits per heavy atom. The van der Waals surface area contributed by atoms with E-state index >= 15 is 0 Å². The summed E-state index contributed by atoms with van der Waals surface area (Å²) in [5.74, 6) is 1.67. The molecule has 1 aliphatic rings. The third-order valence-electron chi connectivity index (χ3n) is 5.30. The van der Waals surface area contributed by atoms with Crippen molar-refractivity contribution in [3.63, 3.8) is 0 Å². The zero-order valence-electron chi connectivity index (χ0n) is 16.4. The Kier molecular flexibility index (Phi) is 5.06. The first-order valence-corrected chi connectivity index (χ1v) is 11.0. The molecule has 0 radical (unpaired) electrons. The maximum absolute atomic E-state index is 11.6. The number of nitrogens with two attached hydrogens (primary N) is 1. The summed E-state index contributed by atoms with van der Waals surface area (Å²) < 4.78 is 31.0. The van der Waals surface area contributed by atoms with Gasteiger partial charge in [-0.25, -0.2) is 18.5 Å². The average molecular weight is 413 g/mol. The van der Waals surface area contributed by atoms with Gasteiger partial charge >= 0.3 is 0 Å². The highest BCUT2D eigenvalue weighted by atomic mass is 32.2. The fourth-order valence-corrected chi connectivity index (χ4v) is 4.22. The Morgan fingerprint density at radius 1 is 1.21 bits per heavy atom. The number of nitrogens with zero attached hydrogens (tertiary/aromatic N) is 3. The number of primary sulfonamides is 1. The largest absolute Gasteiger partial charge is 0.486 e. The van der Waals surface area contributed by atoms with Crippen LogP contribution in [0, 0.1) is 0 Å². The number of ether oxygens (including phenoxy) is 1. The van der Waals surface area contributed by atoms with Crippen molar-refractivity contribution in [3.05, 3.63) is 71.8 Å². The van der Waals surface area contributed by atoms with Crippen molar-refractivity contribution < 1.29 is 13.2 Å².